The van der Waals surface area contributed by atoms with Gasteiger partial charge in [0.2, 0.25) is 6.29 Å². The molecule has 13 nitrogen and oxygen atoms in total. The third kappa shape index (κ3) is 4.69. The van der Waals surface area contributed by atoms with Crippen LogP contribution < -0.4 is 4.74 Å². The zero-order valence-electron chi connectivity index (χ0n) is 15.5. The standard InChI is InChI=1S/C17H23NO12/c19-5-9-11(20)13(22)15(24)17(29-9)30-10-6-27-16(14(23)12(10)21)28-8-3-1-7(2-4-8)18(25)26/h1-4,9-17,19-24H,5-6H2/t9-,10-,11+,12+,13+,14-,15-,16+,17+/m1/s1. The Labute approximate surface area is 169 Å². The maximum atomic E-state index is 10.7. The van der Waals surface area contributed by atoms with E-state index in [0.29, 0.717) is 0 Å². The van der Waals surface area contributed by atoms with Crippen LogP contribution in [0.4, 0.5) is 5.69 Å². The van der Waals surface area contributed by atoms with Crippen molar-refractivity contribution in [1.29, 1.82) is 0 Å². The molecular formula is C17H23NO12. The Balaban J connectivity index is 1.60. The van der Waals surface area contributed by atoms with Crippen LogP contribution in [0.2, 0.25) is 0 Å². The molecule has 168 valence electrons. The lowest BCUT2D eigenvalue weighted by atomic mass is 9.99. The van der Waals surface area contributed by atoms with E-state index in [1.54, 1.807) is 0 Å². The molecule has 0 aromatic heterocycles. The average molecular weight is 433 g/mol. The van der Waals surface area contributed by atoms with Crippen molar-refractivity contribution >= 4 is 5.69 Å². The van der Waals surface area contributed by atoms with Crippen molar-refractivity contribution in [2.75, 3.05) is 13.2 Å². The number of rotatable bonds is 6. The number of hydrogen-bond acceptors (Lipinski definition) is 12. The maximum absolute atomic E-state index is 10.7. The summed E-state index contributed by atoms with van der Waals surface area (Å²) >= 11 is 0. The molecule has 0 bridgehead atoms. The SMILES string of the molecule is O=[N+]([O-])c1ccc(O[C@@H]2OC[C@@H](O[C@@H]3O[C@H](CO)[C@H](O)[C@H](O)[C@H]3O)[C@H](O)[C@H]2O)cc1. The zero-order chi connectivity index (χ0) is 22.0. The van der Waals surface area contributed by atoms with E-state index >= 15 is 0 Å². The summed E-state index contributed by atoms with van der Waals surface area (Å²) in [6, 6.07) is 5.01. The molecule has 2 aliphatic rings. The fourth-order valence-corrected chi connectivity index (χ4v) is 3.12. The van der Waals surface area contributed by atoms with Crippen molar-refractivity contribution in [3.05, 3.63) is 34.4 Å². The second-order valence-electron chi connectivity index (χ2n) is 6.92. The van der Waals surface area contributed by atoms with E-state index in [9.17, 15) is 40.8 Å². The minimum atomic E-state index is -1.68. The molecule has 2 heterocycles. The molecule has 0 aliphatic carbocycles. The predicted octanol–water partition coefficient (Wildman–Crippen LogP) is -2.76. The minimum absolute atomic E-state index is 0.152. The van der Waals surface area contributed by atoms with Crippen LogP contribution in [0.25, 0.3) is 0 Å². The van der Waals surface area contributed by atoms with Gasteiger partial charge in [-0.2, -0.15) is 0 Å². The quantitative estimate of drug-likeness (QED) is 0.200. The topological polar surface area (TPSA) is 201 Å². The molecule has 1 aromatic carbocycles. The number of nitro benzene ring substituents is 1. The molecule has 0 radical (unpaired) electrons. The maximum Gasteiger partial charge on any atom is 0.269 e. The molecule has 6 N–H and O–H groups in total. The van der Waals surface area contributed by atoms with Crippen LogP contribution in [-0.4, -0.2) is 104 Å². The molecule has 13 heteroatoms. The minimum Gasteiger partial charge on any atom is -0.462 e. The highest BCUT2D eigenvalue weighted by Crippen LogP contribution is 2.27. The van der Waals surface area contributed by atoms with Gasteiger partial charge in [0, 0.05) is 12.1 Å². The largest absolute Gasteiger partial charge is 0.462 e. The fourth-order valence-electron chi connectivity index (χ4n) is 3.12. The highest BCUT2D eigenvalue weighted by Gasteiger charge is 2.48. The average Bonchev–Trinajstić information content (AvgIpc) is 2.74. The summed E-state index contributed by atoms with van der Waals surface area (Å²) in [5, 5.41) is 70.1. The van der Waals surface area contributed by atoms with Gasteiger partial charge in [-0.25, -0.2) is 0 Å². The zero-order valence-corrected chi connectivity index (χ0v) is 15.5. The molecule has 0 spiro atoms. The summed E-state index contributed by atoms with van der Waals surface area (Å²) in [5.74, 6) is 0.158. The van der Waals surface area contributed by atoms with Gasteiger partial charge in [-0.1, -0.05) is 0 Å². The Bertz CT molecular complexity index is 715. The highest BCUT2D eigenvalue weighted by molar-refractivity contribution is 5.36. The van der Waals surface area contributed by atoms with Crippen LogP contribution in [0.3, 0.4) is 0 Å². The highest BCUT2D eigenvalue weighted by atomic mass is 16.7. The van der Waals surface area contributed by atoms with Gasteiger partial charge >= 0.3 is 0 Å². The van der Waals surface area contributed by atoms with Crippen molar-refractivity contribution in [3.63, 3.8) is 0 Å². The van der Waals surface area contributed by atoms with Gasteiger partial charge in [-0.05, 0) is 12.1 Å². The fraction of sp³-hybridized carbons (Fsp3) is 0.647. The van der Waals surface area contributed by atoms with Gasteiger partial charge in [0.05, 0.1) is 18.1 Å². The van der Waals surface area contributed by atoms with Crippen LogP contribution in [0, 0.1) is 10.1 Å². The summed E-state index contributed by atoms with van der Waals surface area (Å²) in [6.07, 6.45) is -13.3. The van der Waals surface area contributed by atoms with Gasteiger partial charge in [0.1, 0.15) is 48.5 Å². The molecule has 1 aromatic rings. The van der Waals surface area contributed by atoms with Crippen molar-refractivity contribution in [1.82, 2.24) is 0 Å². The normalized spacial score (nSPS) is 39.5. The summed E-state index contributed by atoms with van der Waals surface area (Å²) in [6.45, 7) is -0.951. The molecular weight excluding hydrogens is 410 g/mol. The van der Waals surface area contributed by atoms with E-state index in [4.69, 9.17) is 18.9 Å². The Kier molecular flexibility index (Phi) is 7.18. The van der Waals surface area contributed by atoms with Crippen molar-refractivity contribution in [2.45, 2.75) is 55.3 Å². The molecule has 3 rings (SSSR count). The summed E-state index contributed by atoms with van der Waals surface area (Å²) in [4.78, 5) is 10.1. The lowest BCUT2D eigenvalue weighted by Crippen LogP contribution is -2.62. The lowest BCUT2D eigenvalue weighted by molar-refractivity contribution is -0.384. The third-order valence-electron chi connectivity index (χ3n) is 4.89. The predicted molar refractivity (Wildman–Crippen MR) is 94.1 cm³/mol. The van der Waals surface area contributed by atoms with Gasteiger partial charge < -0.3 is 49.6 Å². The van der Waals surface area contributed by atoms with Gasteiger partial charge in [-0.3, -0.25) is 10.1 Å². The van der Waals surface area contributed by atoms with Crippen LogP contribution in [0.1, 0.15) is 0 Å². The smallest absolute Gasteiger partial charge is 0.269 e. The van der Waals surface area contributed by atoms with E-state index < -0.39 is 66.8 Å². The number of hydrogen-bond donors (Lipinski definition) is 6. The molecule has 30 heavy (non-hydrogen) atoms. The van der Waals surface area contributed by atoms with Crippen LogP contribution in [-0.2, 0) is 14.2 Å². The van der Waals surface area contributed by atoms with Gasteiger partial charge in [0.25, 0.3) is 5.69 Å². The van der Waals surface area contributed by atoms with Crippen molar-refractivity contribution in [3.8, 4) is 5.75 Å². The molecule has 0 unspecified atom stereocenters. The van der Waals surface area contributed by atoms with E-state index in [2.05, 4.69) is 0 Å². The Morgan fingerprint density at radius 1 is 0.967 bits per heavy atom. The third-order valence-corrected chi connectivity index (χ3v) is 4.89. The molecule has 2 fully saturated rings. The van der Waals surface area contributed by atoms with Crippen LogP contribution in [0.15, 0.2) is 24.3 Å². The second-order valence-corrected chi connectivity index (χ2v) is 6.92. The van der Waals surface area contributed by atoms with E-state index in [1.165, 1.54) is 24.3 Å². The Hall–Kier alpha value is -1.94. The van der Waals surface area contributed by atoms with Crippen molar-refractivity contribution in [2.24, 2.45) is 0 Å². The van der Waals surface area contributed by atoms with Crippen LogP contribution in [0.5, 0.6) is 5.75 Å². The number of non-ortho nitro benzene ring substituents is 1. The van der Waals surface area contributed by atoms with E-state index in [0.717, 1.165) is 0 Å². The summed E-state index contributed by atoms with van der Waals surface area (Å²) in [5.41, 5.74) is -0.152. The first-order chi connectivity index (χ1) is 14.2. The number of nitro groups is 1. The number of aliphatic hydroxyl groups is 6. The first-order valence-corrected chi connectivity index (χ1v) is 9.07. The number of nitrogens with zero attached hydrogens (tertiary/aromatic N) is 1. The van der Waals surface area contributed by atoms with Gasteiger partial charge in [-0.15, -0.1) is 0 Å². The Morgan fingerprint density at radius 2 is 1.60 bits per heavy atom. The summed E-state index contributed by atoms with van der Waals surface area (Å²) in [7, 11) is 0. The van der Waals surface area contributed by atoms with Gasteiger partial charge in [0.15, 0.2) is 6.29 Å². The monoisotopic (exact) mass is 433 g/mol. The Morgan fingerprint density at radius 3 is 2.20 bits per heavy atom. The number of ether oxygens (including phenoxy) is 4. The number of aliphatic hydroxyl groups excluding tert-OH is 6. The molecule has 2 aliphatic heterocycles. The van der Waals surface area contributed by atoms with Crippen LogP contribution >= 0.6 is 0 Å². The molecule has 2 saturated heterocycles. The lowest BCUT2D eigenvalue weighted by Gasteiger charge is -2.43. The summed E-state index contributed by atoms with van der Waals surface area (Å²) < 4.78 is 21.3. The second kappa shape index (κ2) is 9.47. The molecule has 0 amide bonds. The first kappa shape index (κ1) is 22.7. The molecule has 0 saturated carbocycles. The molecule has 9 atom stereocenters. The number of benzene rings is 1. The van der Waals surface area contributed by atoms with Crippen molar-refractivity contribution < 1.29 is 54.5 Å². The van der Waals surface area contributed by atoms with E-state index in [1.807, 2.05) is 0 Å². The van der Waals surface area contributed by atoms with E-state index in [-0.39, 0.29) is 18.0 Å². The first-order valence-electron chi connectivity index (χ1n) is 9.07.